The first-order valence-electron chi connectivity index (χ1n) is 6.03. The van der Waals surface area contributed by atoms with E-state index in [1.165, 1.54) is 6.42 Å². The SMILES string of the molecule is CCNC(=NCc1noc(C)n1)NC1CC1C. The van der Waals surface area contributed by atoms with E-state index >= 15 is 0 Å². The average Bonchev–Trinajstić information content (AvgIpc) is 2.81. The third-order valence-electron chi connectivity index (χ3n) is 2.72. The van der Waals surface area contributed by atoms with Crippen LogP contribution < -0.4 is 10.6 Å². The van der Waals surface area contributed by atoms with Gasteiger partial charge in [0.05, 0.1) is 0 Å². The Morgan fingerprint density at radius 1 is 1.59 bits per heavy atom. The van der Waals surface area contributed by atoms with Gasteiger partial charge in [0.2, 0.25) is 5.89 Å². The lowest BCUT2D eigenvalue weighted by molar-refractivity contribution is 0.387. The fourth-order valence-corrected chi connectivity index (χ4v) is 1.57. The minimum atomic E-state index is 0.438. The lowest BCUT2D eigenvalue weighted by Gasteiger charge is -2.09. The molecule has 0 radical (unpaired) electrons. The number of hydrogen-bond acceptors (Lipinski definition) is 4. The number of nitrogens with one attached hydrogen (secondary N) is 2. The minimum absolute atomic E-state index is 0.438. The van der Waals surface area contributed by atoms with Crippen molar-refractivity contribution in [3.8, 4) is 0 Å². The second-order valence-electron chi connectivity index (χ2n) is 4.39. The molecular weight excluding hydrogens is 218 g/mol. The summed E-state index contributed by atoms with van der Waals surface area (Å²) in [4.78, 5) is 8.53. The minimum Gasteiger partial charge on any atom is -0.357 e. The second-order valence-corrected chi connectivity index (χ2v) is 4.39. The van der Waals surface area contributed by atoms with E-state index in [4.69, 9.17) is 4.52 Å². The predicted octanol–water partition coefficient (Wildman–Crippen LogP) is 0.842. The summed E-state index contributed by atoms with van der Waals surface area (Å²) in [5.41, 5.74) is 0. The molecule has 2 atom stereocenters. The lowest BCUT2D eigenvalue weighted by Crippen LogP contribution is -2.39. The van der Waals surface area contributed by atoms with Gasteiger partial charge in [-0.2, -0.15) is 4.98 Å². The van der Waals surface area contributed by atoms with Crippen LogP contribution in [0.5, 0.6) is 0 Å². The first kappa shape index (κ1) is 11.9. The molecule has 2 rings (SSSR count). The van der Waals surface area contributed by atoms with Gasteiger partial charge in [0.25, 0.3) is 0 Å². The summed E-state index contributed by atoms with van der Waals surface area (Å²) >= 11 is 0. The highest BCUT2D eigenvalue weighted by Crippen LogP contribution is 2.28. The van der Waals surface area contributed by atoms with Crippen molar-refractivity contribution < 1.29 is 4.52 Å². The smallest absolute Gasteiger partial charge is 0.223 e. The third kappa shape index (κ3) is 3.44. The van der Waals surface area contributed by atoms with Crippen LogP contribution in [0.4, 0.5) is 0 Å². The molecule has 94 valence electrons. The molecule has 6 heteroatoms. The Balaban J connectivity index is 1.90. The second kappa shape index (κ2) is 5.16. The van der Waals surface area contributed by atoms with Crippen molar-refractivity contribution in [1.29, 1.82) is 0 Å². The van der Waals surface area contributed by atoms with Crippen LogP contribution in [0.15, 0.2) is 9.52 Å². The van der Waals surface area contributed by atoms with E-state index in [1.54, 1.807) is 6.92 Å². The number of aliphatic imine (C=N–C) groups is 1. The molecule has 0 amide bonds. The molecule has 1 aromatic rings. The van der Waals surface area contributed by atoms with Gasteiger partial charge in [-0.1, -0.05) is 12.1 Å². The Labute approximate surface area is 101 Å². The van der Waals surface area contributed by atoms with E-state index in [1.807, 2.05) is 6.92 Å². The first-order chi connectivity index (χ1) is 8.19. The zero-order valence-electron chi connectivity index (χ0n) is 10.5. The highest BCUT2D eigenvalue weighted by molar-refractivity contribution is 5.80. The number of rotatable bonds is 4. The molecule has 0 spiro atoms. The summed E-state index contributed by atoms with van der Waals surface area (Å²) < 4.78 is 4.90. The zero-order valence-corrected chi connectivity index (χ0v) is 10.5. The molecule has 0 aliphatic heterocycles. The molecular formula is C11H19N5O. The highest BCUT2D eigenvalue weighted by atomic mass is 16.5. The number of hydrogen-bond donors (Lipinski definition) is 2. The van der Waals surface area contributed by atoms with Crippen LogP contribution >= 0.6 is 0 Å². The van der Waals surface area contributed by atoms with Gasteiger partial charge in [0.1, 0.15) is 6.54 Å². The van der Waals surface area contributed by atoms with E-state index in [0.717, 1.165) is 18.4 Å². The molecule has 1 aromatic heterocycles. The highest BCUT2D eigenvalue weighted by Gasteiger charge is 2.33. The lowest BCUT2D eigenvalue weighted by atomic mass is 10.5. The van der Waals surface area contributed by atoms with Gasteiger partial charge in [-0.3, -0.25) is 0 Å². The molecule has 1 aliphatic rings. The van der Waals surface area contributed by atoms with Gasteiger partial charge >= 0.3 is 0 Å². The molecule has 1 saturated carbocycles. The van der Waals surface area contributed by atoms with E-state index in [-0.39, 0.29) is 0 Å². The molecule has 0 bridgehead atoms. The van der Waals surface area contributed by atoms with Crippen molar-refractivity contribution in [2.45, 2.75) is 39.8 Å². The predicted molar refractivity (Wildman–Crippen MR) is 64.6 cm³/mol. The average molecular weight is 237 g/mol. The van der Waals surface area contributed by atoms with Crippen molar-refractivity contribution in [2.75, 3.05) is 6.54 Å². The van der Waals surface area contributed by atoms with E-state index in [0.29, 0.717) is 24.3 Å². The quantitative estimate of drug-likeness (QED) is 0.599. The number of nitrogens with zero attached hydrogens (tertiary/aromatic N) is 3. The maximum Gasteiger partial charge on any atom is 0.223 e. The molecule has 17 heavy (non-hydrogen) atoms. The van der Waals surface area contributed by atoms with Crippen molar-refractivity contribution >= 4 is 5.96 Å². The van der Waals surface area contributed by atoms with Crippen molar-refractivity contribution in [3.63, 3.8) is 0 Å². The van der Waals surface area contributed by atoms with Gasteiger partial charge in [0.15, 0.2) is 11.8 Å². The molecule has 1 aliphatic carbocycles. The zero-order chi connectivity index (χ0) is 12.3. The summed E-state index contributed by atoms with van der Waals surface area (Å²) in [6, 6.07) is 0.555. The third-order valence-corrected chi connectivity index (χ3v) is 2.72. The molecule has 2 unspecified atom stereocenters. The number of aryl methyl sites for hydroxylation is 1. The Morgan fingerprint density at radius 2 is 2.35 bits per heavy atom. The molecule has 6 nitrogen and oxygen atoms in total. The number of guanidine groups is 1. The van der Waals surface area contributed by atoms with Gasteiger partial charge in [-0.15, -0.1) is 0 Å². The summed E-state index contributed by atoms with van der Waals surface area (Å²) in [5.74, 6) is 2.75. The van der Waals surface area contributed by atoms with Gasteiger partial charge in [-0.25, -0.2) is 4.99 Å². The van der Waals surface area contributed by atoms with Crippen molar-refractivity contribution in [1.82, 2.24) is 20.8 Å². The normalized spacial score (nSPS) is 23.6. The maximum atomic E-state index is 4.90. The van der Waals surface area contributed by atoms with Crippen molar-refractivity contribution in [2.24, 2.45) is 10.9 Å². The molecule has 1 heterocycles. The van der Waals surface area contributed by atoms with Crippen LogP contribution in [-0.4, -0.2) is 28.7 Å². The van der Waals surface area contributed by atoms with E-state index < -0.39 is 0 Å². The van der Waals surface area contributed by atoms with Gasteiger partial charge in [-0.05, 0) is 19.3 Å². The van der Waals surface area contributed by atoms with Crippen LogP contribution in [-0.2, 0) is 6.54 Å². The van der Waals surface area contributed by atoms with Crippen LogP contribution in [0.3, 0.4) is 0 Å². The molecule has 0 saturated heterocycles. The van der Waals surface area contributed by atoms with Crippen LogP contribution in [0.1, 0.15) is 32.0 Å². The Kier molecular flexibility index (Phi) is 3.61. The Bertz CT molecular complexity index is 400. The van der Waals surface area contributed by atoms with Crippen molar-refractivity contribution in [3.05, 3.63) is 11.7 Å². The largest absolute Gasteiger partial charge is 0.357 e. The Hall–Kier alpha value is -1.59. The number of aromatic nitrogens is 2. The fourth-order valence-electron chi connectivity index (χ4n) is 1.57. The molecule has 2 N–H and O–H groups in total. The maximum absolute atomic E-state index is 4.90. The summed E-state index contributed by atoms with van der Waals surface area (Å²) in [5, 5.41) is 10.4. The van der Waals surface area contributed by atoms with Gasteiger partial charge < -0.3 is 15.2 Å². The van der Waals surface area contributed by atoms with Crippen LogP contribution in [0, 0.1) is 12.8 Å². The summed E-state index contributed by atoms with van der Waals surface area (Å²) in [6.07, 6.45) is 1.21. The Morgan fingerprint density at radius 3 is 2.88 bits per heavy atom. The topological polar surface area (TPSA) is 75.3 Å². The van der Waals surface area contributed by atoms with Crippen LogP contribution in [0.25, 0.3) is 0 Å². The van der Waals surface area contributed by atoms with E-state index in [2.05, 4.69) is 32.7 Å². The summed E-state index contributed by atoms with van der Waals surface area (Å²) in [7, 11) is 0. The standard InChI is InChI=1S/C11H19N5O/c1-4-12-11(15-9-5-7(9)2)13-6-10-14-8(3)17-16-10/h7,9H,4-6H2,1-3H3,(H2,12,13,15). The van der Waals surface area contributed by atoms with Crippen LogP contribution in [0.2, 0.25) is 0 Å². The fraction of sp³-hybridized carbons (Fsp3) is 0.727. The summed E-state index contributed by atoms with van der Waals surface area (Å²) in [6.45, 7) is 7.33. The van der Waals surface area contributed by atoms with Gasteiger partial charge in [0, 0.05) is 19.5 Å². The molecule has 0 aromatic carbocycles. The van der Waals surface area contributed by atoms with E-state index in [9.17, 15) is 0 Å². The first-order valence-corrected chi connectivity index (χ1v) is 6.03. The molecule has 1 fully saturated rings. The monoisotopic (exact) mass is 237 g/mol.